The fraction of sp³-hybridized carbons (Fsp3) is 0.190. The van der Waals surface area contributed by atoms with Crippen molar-refractivity contribution in [2.75, 3.05) is 11.4 Å². The highest BCUT2D eigenvalue weighted by atomic mass is 35.5. The fourth-order valence-corrected chi connectivity index (χ4v) is 3.73. The van der Waals surface area contributed by atoms with Gasteiger partial charge in [-0.05, 0) is 43.3 Å². The Morgan fingerprint density at radius 3 is 2.52 bits per heavy atom. The van der Waals surface area contributed by atoms with Crippen molar-refractivity contribution in [2.45, 2.75) is 19.9 Å². The van der Waals surface area contributed by atoms with Crippen LogP contribution in [0.3, 0.4) is 0 Å². The quantitative estimate of drug-likeness (QED) is 0.502. The summed E-state index contributed by atoms with van der Waals surface area (Å²) in [6.07, 6.45) is 0.820. The van der Waals surface area contributed by atoms with Crippen molar-refractivity contribution in [3.05, 3.63) is 70.5 Å². The van der Waals surface area contributed by atoms with Gasteiger partial charge < -0.3 is 9.42 Å². The van der Waals surface area contributed by atoms with Crippen LogP contribution in [0.25, 0.3) is 22.4 Å². The van der Waals surface area contributed by atoms with Crippen molar-refractivity contribution in [1.82, 2.24) is 15.1 Å². The zero-order chi connectivity index (χ0) is 18.4. The first-order chi connectivity index (χ1) is 13.2. The Bertz CT molecular complexity index is 1140. The van der Waals surface area contributed by atoms with E-state index < -0.39 is 0 Å². The average Bonchev–Trinajstić information content (AvgIpc) is 3.11. The van der Waals surface area contributed by atoms with Gasteiger partial charge in [-0.2, -0.15) is 0 Å². The average molecular weight is 377 g/mol. The number of benzene rings is 2. The van der Waals surface area contributed by atoms with Gasteiger partial charge in [-0.3, -0.25) is 0 Å². The first-order valence-corrected chi connectivity index (χ1v) is 9.28. The van der Waals surface area contributed by atoms with Gasteiger partial charge >= 0.3 is 0 Å². The van der Waals surface area contributed by atoms with Crippen LogP contribution >= 0.6 is 11.6 Å². The number of anilines is 1. The number of rotatable bonds is 2. The molecule has 27 heavy (non-hydrogen) atoms. The van der Waals surface area contributed by atoms with Gasteiger partial charge in [0.15, 0.2) is 11.6 Å². The van der Waals surface area contributed by atoms with Gasteiger partial charge in [-0.1, -0.05) is 28.9 Å². The Labute approximate surface area is 161 Å². The zero-order valence-corrected chi connectivity index (χ0v) is 15.6. The van der Waals surface area contributed by atoms with E-state index in [-0.39, 0.29) is 0 Å². The number of nitrogens with zero attached hydrogens (tertiary/aromatic N) is 4. The summed E-state index contributed by atoms with van der Waals surface area (Å²) in [6, 6.07) is 15.6. The van der Waals surface area contributed by atoms with Crippen LogP contribution in [-0.4, -0.2) is 21.7 Å². The lowest BCUT2D eigenvalue weighted by molar-refractivity contribution is 0.424. The van der Waals surface area contributed by atoms with Gasteiger partial charge in [-0.15, -0.1) is 0 Å². The first-order valence-electron chi connectivity index (χ1n) is 8.91. The second-order valence-corrected chi connectivity index (χ2v) is 7.17. The molecule has 0 bridgehead atoms. The van der Waals surface area contributed by atoms with E-state index in [1.54, 1.807) is 0 Å². The molecule has 0 N–H and O–H groups in total. The Balaban J connectivity index is 1.54. The molecule has 6 heteroatoms. The molecule has 2 aromatic carbocycles. The van der Waals surface area contributed by atoms with Crippen LogP contribution in [0.1, 0.15) is 17.0 Å². The van der Waals surface area contributed by atoms with Crippen LogP contribution in [0.2, 0.25) is 5.02 Å². The van der Waals surface area contributed by atoms with E-state index in [9.17, 15) is 0 Å². The van der Waals surface area contributed by atoms with E-state index in [4.69, 9.17) is 26.1 Å². The highest BCUT2D eigenvalue weighted by molar-refractivity contribution is 6.30. The summed E-state index contributed by atoms with van der Waals surface area (Å²) in [4.78, 5) is 11.8. The maximum absolute atomic E-state index is 6.02. The third-order valence-corrected chi connectivity index (χ3v) is 5.21. The molecular weight excluding hydrogens is 360 g/mol. The van der Waals surface area contributed by atoms with Gasteiger partial charge in [0.2, 0.25) is 0 Å². The molecule has 0 unspecified atom stereocenters. The molecule has 0 radical (unpaired) electrons. The predicted octanol–water partition coefficient (Wildman–Crippen LogP) is 4.81. The Hall–Kier alpha value is -2.92. The maximum atomic E-state index is 6.02. The highest BCUT2D eigenvalue weighted by Gasteiger charge is 2.26. The van der Waals surface area contributed by atoms with Gasteiger partial charge in [0.1, 0.15) is 0 Å². The Morgan fingerprint density at radius 2 is 1.74 bits per heavy atom. The number of hydrogen-bond donors (Lipinski definition) is 0. The van der Waals surface area contributed by atoms with E-state index in [1.165, 1.54) is 0 Å². The number of aromatic nitrogens is 3. The van der Waals surface area contributed by atoms with Gasteiger partial charge in [0, 0.05) is 29.1 Å². The van der Waals surface area contributed by atoms with E-state index in [0.717, 1.165) is 58.1 Å². The van der Waals surface area contributed by atoms with E-state index >= 15 is 0 Å². The second-order valence-electron chi connectivity index (χ2n) is 6.74. The predicted molar refractivity (Wildman–Crippen MR) is 106 cm³/mol. The molecule has 2 aromatic heterocycles. The van der Waals surface area contributed by atoms with Gasteiger partial charge in [0.25, 0.3) is 0 Å². The molecule has 0 saturated heterocycles. The minimum atomic E-state index is 0.699. The number of aryl methyl sites for hydroxylation is 1. The van der Waals surface area contributed by atoms with Crippen LogP contribution in [0, 0.1) is 6.92 Å². The van der Waals surface area contributed by atoms with Crippen LogP contribution in [-0.2, 0) is 13.0 Å². The topological polar surface area (TPSA) is 55.1 Å². The van der Waals surface area contributed by atoms with Crippen LogP contribution in [0.4, 0.5) is 5.82 Å². The summed E-state index contributed by atoms with van der Waals surface area (Å²) in [7, 11) is 0. The molecule has 0 atom stereocenters. The molecule has 5 nitrogen and oxygen atoms in total. The number of fused-ring (bicyclic) bond motifs is 2. The third-order valence-electron chi connectivity index (χ3n) is 4.96. The molecule has 5 rings (SSSR count). The largest absolute Gasteiger partial charge is 0.356 e. The molecule has 4 aromatic rings. The minimum Gasteiger partial charge on any atom is -0.356 e. The molecule has 1 aliphatic rings. The molecule has 0 aliphatic carbocycles. The van der Waals surface area contributed by atoms with Gasteiger partial charge in [-0.25, -0.2) is 9.97 Å². The fourth-order valence-electron chi connectivity index (χ4n) is 3.60. The lowest BCUT2D eigenvalue weighted by Crippen LogP contribution is -2.31. The molecule has 3 heterocycles. The van der Waals surface area contributed by atoms with Crippen LogP contribution in [0.5, 0.6) is 0 Å². The van der Waals surface area contributed by atoms with E-state index in [0.29, 0.717) is 11.6 Å². The number of hydrogen-bond acceptors (Lipinski definition) is 5. The Kier molecular flexibility index (Phi) is 3.83. The van der Waals surface area contributed by atoms with Crippen molar-refractivity contribution in [2.24, 2.45) is 0 Å². The summed E-state index contributed by atoms with van der Waals surface area (Å²) in [5, 5.41) is 4.99. The van der Waals surface area contributed by atoms with Crippen LogP contribution < -0.4 is 4.90 Å². The molecule has 1 aliphatic heterocycles. The normalized spacial score (nSPS) is 13.8. The summed E-state index contributed by atoms with van der Waals surface area (Å²) in [5.74, 6) is 1.72. The second kappa shape index (κ2) is 6.35. The monoisotopic (exact) mass is 376 g/mol. The number of halogens is 1. The summed E-state index contributed by atoms with van der Waals surface area (Å²) in [5.41, 5.74) is 5.87. The van der Waals surface area contributed by atoms with E-state index in [2.05, 4.69) is 10.1 Å². The van der Waals surface area contributed by atoms with Crippen molar-refractivity contribution >= 4 is 28.5 Å². The molecular formula is C21H17ClN4O. The standard InChI is InChI=1S/C21H17ClN4O/c1-13-21(24-19-5-3-2-4-18(19)23-13)26-11-10-17-16(12-26)20(27-25-17)14-6-8-15(22)9-7-14/h2-9H,10-12H2,1H3. The molecule has 134 valence electrons. The summed E-state index contributed by atoms with van der Waals surface area (Å²) in [6.45, 7) is 3.55. The SMILES string of the molecule is Cc1nc2ccccc2nc1N1CCc2noc(-c3ccc(Cl)cc3)c2C1. The molecule has 0 saturated carbocycles. The zero-order valence-electron chi connectivity index (χ0n) is 14.8. The highest BCUT2D eigenvalue weighted by Crippen LogP contribution is 2.33. The molecule has 0 amide bonds. The van der Waals surface area contributed by atoms with E-state index in [1.807, 2.05) is 55.5 Å². The third kappa shape index (κ3) is 2.84. The van der Waals surface area contributed by atoms with Gasteiger partial charge in [0.05, 0.1) is 29.0 Å². The Morgan fingerprint density at radius 1 is 1.00 bits per heavy atom. The molecule has 0 spiro atoms. The summed E-state index contributed by atoms with van der Waals surface area (Å²) >= 11 is 6.02. The lowest BCUT2D eigenvalue weighted by Gasteiger charge is -2.28. The molecule has 0 fully saturated rings. The first kappa shape index (κ1) is 16.3. The maximum Gasteiger partial charge on any atom is 0.172 e. The number of para-hydroxylation sites is 2. The summed E-state index contributed by atoms with van der Waals surface area (Å²) < 4.78 is 5.67. The smallest absolute Gasteiger partial charge is 0.172 e. The van der Waals surface area contributed by atoms with Crippen molar-refractivity contribution in [1.29, 1.82) is 0 Å². The minimum absolute atomic E-state index is 0.699. The van der Waals surface area contributed by atoms with Crippen molar-refractivity contribution < 1.29 is 4.52 Å². The lowest BCUT2D eigenvalue weighted by atomic mass is 10.0. The van der Waals surface area contributed by atoms with Crippen LogP contribution in [0.15, 0.2) is 53.1 Å². The van der Waals surface area contributed by atoms with Crippen molar-refractivity contribution in [3.8, 4) is 11.3 Å². The van der Waals surface area contributed by atoms with Crippen molar-refractivity contribution in [3.63, 3.8) is 0 Å².